The molecule has 4 rings (SSSR count). The number of furan rings is 1. The summed E-state index contributed by atoms with van der Waals surface area (Å²) in [5.74, 6) is 0.521. The molecule has 0 saturated carbocycles. The van der Waals surface area contributed by atoms with Gasteiger partial charge in [0.25, 0.3) is 5.56 Å². The van der Waals surface area contributed by atoms with Crippen LogP contribution in [-0.2, 0) is 35.8 Å². The van der Waals surface area contributed by atoms with E-state index in [1.54, 1.807) is 12.3 Å². The number of aromatic nitrogens is 2. The van der Waals surface area contributed by atoms with Crippen molar-refractivity contribution in [2.45, 2.75) is 33.2 Å². The van der Waals surface area contributed by atoms with Gasteiger partial charge in [-0.3, -0.25) is 14.2 Å². The minimum absolute atomic E-state index is 0.0817. The Kier molecular flexibility index (Phi) is 6.24. The van der Waals surface area contributed by atoms with Crippen molar-refractivity contribution in [2.75, 3.05) is 0 Å². The quantitative estimate of drug-likeness (QED) is 0.475. The first-order valence-corrected chi connectivity index (χ1v) is 9.99. The number of amides is 1. The second-order valence-corrected chi connectivity index (χ2v) is 7.32. The molecule has 0 aliphatic carbocycles. The lowest BCUT2D eigenvalue weighted by Gasteiger charge is -2.10. The highest BCUT2D eigenvalue weighted by Crippen LogP contribution is 2.11. The summed E-state index contributed by atoms with van der Waals surface area (Å²) in [6, 6.07) is 16.9. The average molecular weight is 417 g/mol. The molecule has 1 amide bonds. The number of ether oxygens (including phenoxy) is 1. The lowest BCUT2D eigenvalue weighted by Crippen LogP contribution is -2.32. The van der Waals surface area contributed by atoms with E-state index in [9.17, 15) is 9.59 Å². The van der Waals surface area contributed by atoms with Gasteiger partial charge >= 0.3 is 0 Å². The summed E-state index contributed by atoms with van der Waals surface area (Å²) < 4.78 is 12.2. The number of hydrogen-bond donors (Lipinski definition) is 1. The summed E-state index contributed by atoms with van der Waals surface area (Å²) in [5.41, 5.74) is 3.32. The summed E-state index contributed by atoms with van der Waals surface area (Å²) in [6.45, 7) is 3.03. The maximum absolute atomic E-state index is 12.6. The van der Waals surface area contributed by atoms with E-state index in [-0.39, 0.29) is 18.0 Å². The summed E-state index contributed by atoms with van der Waals surface area (Å²) in [5, 5.41) is 3.37. The molecule has 1 N–H and O–H groups in total. The Morgan fingerprint density at radius 3 is 2.77 bits per heavy atom. The molecule has 0 fully saturated rings. The molecule has 7 heteroatoms. The van der Waals surface area contributed by atoms with Crippen LogP contribution in [0.1, 0.15) is 22.5 Å². The summed E-state index contributed by atoms with van der Waals surface area (Å²) >= 11 is 0. The fraction of sp³-hybridized carbons (Fsp3) is 0.208. The second-order valence-electron chi connectivity index (χ2n) is 7.32. The molecule has 4 aromatic rings. The van der Waals surface area contributed by atoms with Crippen molar-refractivity contribution in [3.63, 3.8) is 0 Å². The normalized spacial score (nSPS) is 11.0. The summed E-state index contributed by atoms with van der Waals surface area (Å²) in [4.78, 5) is 29.4. The lowest BCUT2D eigenvalue weighted by molar-refractivity contribution is -0.121. The zero-order valence-electron chi connectivity index (χ0n) is 17.2. The van der Waals surface area contributed by atoms with Crippen LogP contribution in [0.5, 0.6) is 0 Å². The van der Waals surface area contributed by atoms with Crippen LogP contribution in [0.2, 0.25) is 0 Å². The Balaban J connectivity index is 1.33. The number of fused-ring (bicyclic) bond motifs is 1. The van der Waals surface area contributed by atoms with Crippen molar-refractivity contribution in [3.05, 3.63) is 100.0 Å². The Labute approximate surface area is 179 Å². The van der Waals surface area contributed by atoms with Crippen LogP contribution < -0.4 is 10.9 Å². The number of benzene rings is 2. The van der Waals surface area contributed by atoms with E-state index in [2.05, 4.69) is 10.3 Å². The van der Waals surface area contributed by atoms with Crippen molar-refractivity contribution in [3.8, 4) is 0 Å². The number of carbonyl (C=O) groups is 1. The smallest absolute Gasteiger partial charge is 0.261 e. The van der Waals surface area contributed by atoms with Gasteiger partial charge in [-0.2, -0.15) is 0 Å². The third-order valence-electron chi connectivity index (χ3n) is 4.94. The first-order chi connectivity index (χ1) is 15.1. The molecule has 0 aliphatic rings. The number of rotatable bonds is 8. The Hall–Kier alpha value is -3.71. The first-order valence-electron chi connectivity index (χ1n) is 9.99. The fourth-order valence-corrected chi connectivity index (χ4v) is 3.35. The lowest BCUT2D eigenvalue weighted by atomic mass is 10.1. The molecule has 0 spiro atoms. The molecule has 2 aromatic heterocycles. The Morgan fingerprint density at radius 2 is 1.94 bits per heavy atom. The van der Waals surface area contributed by atoms with Gasteiger partial charge in [-0.15, -0.1) is 0 Å². The second kappa shape index (κ2) is 9.40. The van der Waals surface area contributed by atoms with Crippen molar-refractivity contribution in [1.82, 2.24) is 14.9 Å². The van der Waals surface area contributed by atoms with E-state index >= 15 is 0 Å². The number of nitrogens with zero attached hydrogens (tertiary/aromatic N) is 2. The first kappa shape index (κ1) is 20.6. The van der Waals surface area contributed by atoms with E-state index in [1.165, 1.54) is 10.9 Å². The molecule has 0 saturated heterocycles. The Bertz CT molecular complexity index is 1250. The predicted molar refractivity (Wildman–Crippen MR) is 116 cm³/mol. The van der Waals surface area contributed by atoms with Gasteiger partial charge in [-0.25, -0.2) is 4.98 Å². The zero-order valence-corrected chi connectivity index (χ0v) is 17.2. The van der Waals surface area contributed by atoms with E-state index < -0.39 is 0 Å². The topological polar surface area (TPSA) is 86.4 Å². The largest absolute Gasteiger partial charge is 0.467 e. The van der Waals surface area contributed by atoms with Crippen LogP contribution in [0.3, 0.4) is 0 Å². The minimum Gasteiger partial charge on any atom is -0.467 e. The maximum Gasteiger partial charge on any atom is 0.261 e. The number of para-hydroxylation sites is 1. The molecule has 0 radical (unpaired) electrons. The van der Waals surface area contributed by atoms with Crippen LogP contribution >= 0.6 is 0 Å². The molecule has 0 unspecified atom stereocenters. The summed E-state index contributed by atoms with van der Waals surface area (Å²) in [6.07, 6.45) is 3.04. The van der Waals surface area contributed by atoms with Crippen molar-refractivity contribution >= 4 is 16.8 Å². The third-order valence-corrected chi connectivity index (χ3v) is 4.94. The van der Waals surface area contributed by atoms with Gasteiger partial charge in [0.2, 0.25) is 5.91 Å². The van der Waals surface area contributed by atoms with E-state index in [4.69, 9.17) is 9.15 Å². The van der Waals surface area contributed by atoms with E-state index in [0.29, 0.717) is 30.7 Å². The van der Waals surface area contributed by atoms with Gasteiger partial charge in [0.1, 0.15) is 18.9 Å². The van der Waals surface area contributed by atoms with Gasteiger partial charge in [0.05, 0.1) is 30.1 Å². The third kappa shape index (κ3) is 5.07. The highest BCUT2D eigenvalue weighted by Gasteiger charge is 2.09. The molecule has 0 bridgehead atoms. The molecule has 2 aromatic carbocycles. The van der Waals surface area contributed by atoms with Crippen LogP contribution in [0.4, 0.5) is 0 Å². The zero-order chi connectivity index (χ0) is 21.6. The van der Waals surface area contributed by atoms with E-state index in [1.807, 2.05) is 55.5 Å². The minimum atomic E-state index is -0.254. The number of aryl methyl sites for hydroxylation is 1. The van der Waals surface area contributed by atoms with Gasteiger partial charge in [-0.05, 0) is 41.8 Å². The highest BCUT2D eigenvalue weighted by atomic mass is 16.5. The van der Waals surface area contributed by atoms with Crippen LogP contribution in [0.25, 0.3) is 10.9 Å². The molecule has 2 heterocycles. The molecule has 0 atom stereocenters. The van der Waals surface area contributed by atoms with Crippen LogP contribution in [0.15, 0.2) is 76.4 Å². The average Bonchev–Trinajstić information content (AvgIpc) is 3.29. The fourth-order valence-electron chi connectivity index (χ4n) is 3.35. The Morgan fingerprint density at radius 1 is 1.10 bits per heavy atom. The summed E-state index contributed by atoms with van der Waals surface area (Å²) in [7, 11) is 0. The highest BCUT2D eigenvalue weighted by molar-refractivity contribution is 5.81. The molecule has 31 heavy (non-hydrogen) atoms. The SMILES string of the molecule is Cc1cccc2c(=O)n(CC(=O)NCc3cccc(COCc4ccco4)c3)cnc12. The number of hydrogen-bond acceptors (Lipinski definition) is 5. The van der Waals surface area contributed by atoms with Crippen molar-refractivity contribution in [2.24, 2.45) is 0 Å². The molecule has 158 valence electrons. The number of nitrogens with one attached hydrogen (secondary N) is 1. The predicted octanol–water partition coefficient (Wildman–Crippen LogP) is 3.33. The van der Waals surface area contributed by atoms with Crippen molar-refractivity contribution in [1.29, 1.82) is 0 Å². The molecular formula is C24H23N3O4. The standard InChI is InChI=1S/C24H23N3O4/c1-17-5-2-9-21-23(17)26-16-27(24(21)29)13-22(28)25-12-18-6-3-7-19(11-18)14-30-15-20-8-4-10-31-20/h2-11,16H,12-15H2,1H3,(H,25,28). The molecule has 7 nitrogen and oxygen atoms in total. The maximum atomic E-state index is 12.6. The van der Waals surface area contributed by atoms with E-state index in [0.717, 1.165) is 22.5 Å². The van der Waals surface area contributed by atoms with Crippen LogP contribution in [0, 0.1) is 6.92 Å². The molecule has 0 aliphatic heterocycles. The van der Waals surface area contributed by atoms with Gasteiger partial charge in [-0.1, -0.05) is 36.4 Å². The van der Waals surface area contributed by atoms with Crippen molar-refractivity contribution < 1.29 is 13.9 Å². The molecular weight excluding hydrogens is 394 g/mol. The number of carbonyl (C=O) groups excluding carboxylic acids is 1. The van der Waals surface area contributed by atoms with Gasteiger partial charge in [0, 0.05) is 6.54 Å². The van der Waals surface area contributed by atoms with Gasteiger partial charge in [0.15, 0.2) is 0 Å². The monoisotopic (exact) mass is 417 g/mol. The van der Waals surface area contributed by atoms with Crippen LogP contribution in [-0.4, -0.2) is 15.5 Å². The van der Waals surface area contributed by atoms with Gasteiger partial charge < -0.3 is 14.5 Å².